The molecular formula is C17H31NO4Si. The Bertz CT molecular complexity index is 442. The molecule has 6 heteroatoms. The average Bonchev–Trinajstić information content (AvgIpc) is 2.83. The smallest absolute Gasteiger partial charge is 0.410 e. The van der Waals surface area contributed by atoms with Gasteiger partial charge in [-0.3, -0.25) is 4.90 Å². The van der Waals surface area contributed by atoms with Crippen molar-refractivity contribution in [2.75, 3.05) is 19.8 Å². The molecule has 0 saturated carbocycles. The highest BCUT2D eigenvalue weighted by molar-refractivity contribution is 6.74. The zero-order chi connectivity index (χ0) is 17.7. The first-order chi connectivity index (χ1) is 10.6. The fourth-order valence-corrected chi connectivity index (χ4v) is 3.69. The molecule has 0 aromatic carbocycles. The van der Waals surface area contributed by atoms with Gasteiger partial charge in [0.15, 0.2) is 8.32 Å². The zero-order valence-corrected chi connectivity index (χ0v) is 16.0. The van der Waals surface area contributed by atoms with Crippen LogP contribution in [0.2, 0.25) is 18.1 Å². The molecule has 1 aliphatic rings. The van der Waals surface area contributed by atoms with Crippen LogP contribution in [0.3, 0.4) is 0 Å². The molecule has 1 heterocycles. The van der Waals surface area contributed by atoms with Crippen molar-refractivity contribution < 1.29 is 19.1 Å². The lowest BCUT2D eigenvalue weighted by Gasteiger charge is -2.38. The summed E-state index contributed by atoms with van der Waals surface area (Å²) in [6.45, 7) is 15.3. The summed E-state index contributed by atoms with van der Waals surface area (Å²) >= 11 is 0. The highest BCUT2D eigenvalue weighted by Gasteiger charge is 2.43. The van der Waals surface area contributed by atoms with Gasteiger partial charge in [0.1, 0.15) is 6.61 Å². The molecule has 0 spiro atoms. The number of rotatable bonds is 6. The van der Waals surface area contributed by atoms with Crippen molar-refractivity contribution in [2.45, 2.75) is 57.5 Å². The van der Waals surface area contributed by atoms with Crippen LogP contribution >= 0.6 is 0 Å². The van der Waals surface area contributed by atoms with Crippen molar-refractivity contribution in [3.63, 3.8) is 0 Å². The Kier molecular flexibility index (Phi) is 7.04. The van der Waals surface area contributed by atoms with Crippen LogP contribution in [0.5, 0.6) is 0 Å². The van der Waals surface area contributed by atoms with Crippen molar-refractivity contribution in [1.82, 2.24) is 4.90 Å². The second-order valence-corrected chi connectivity index (χ2v) is 12.2. The van der Waals surface area contributed by atoms with E-state index in [0.29, 0.717) is 6.54 Å². The molecule has 1 saturated heterocycles. The summed E-state index contributed by atoms with van der Waals surface area (Å²) in [4.78, 5) is 13.9. The predicted octanol–water partition coefficient (Wildman–Crippen LogP) is 3.32. The van der Waals surface area contributed by atoms with Gasteiger partial charge in [-0.1, -0.05) is 45.6 Å². The Balaban J connectivity index is 2.81. The SMILES string of the molecule is C=CCOC(=O)N1C[C@H](O[Si](C)(C)C(C)(C)C)C[C@H]1C=CCO. The quantitative estimate of drug-likeness (QED) is 0.595. The molecular weight excluding hydrogens is 310 g/mol. The Morgan fingerprint density at radius 1 is 1.43 bits per heavy atom. The van der Waals surface area contributed by atoms with E-state index in [1.165, 1.54) is 0 Å². The van der Waals surface area contributed by atoms with Gasteiger partial charge in [0.2, 0.25) is 0 Å². The van der Waals surface area contributed by atoms with Crippen molar-refractivity contribution in [3.05, 3.63) is 24.8 Å². The van der Waals surface area contributed by atoms with Gasteiger partial charge >= 0.3 is 6.09 Å². The van der Waals surface area contributed by atoms with Crippen molar-refractivity contribution >= 4 is 14.4 Å². The summed E-state index contributed by atoms with van der Waals surface area (Å²) in [5.74, 6) is 0. The summed E-state index contributed by atoms with van der Waals surface area (Å²) in [5, 5.41) is 9.12. The topological polar surface area (TPSA) is 59.0 Å². The molecule has 1 rings (SSSR count). The van der Waals surface area contributed by atoms with Crippen LogP contribution in [0, 0.1) is 0 Å². The lowest BCUT2D eigenvalue weighted by atomic mass is 10.2. The zero-order valence-electron chi connectivity index (χ0n) is 15.0. The van der Waals surface area contributed by atoms with Gasteiger partial charge < -0.3 is 14.3 Å². The maximum Gasteiger partial charge on any atom is 0.410 e. The van der Waals surface area contributed by atoms with E-state index < -0.39 is 8.32 Å². The molecule has 1 amide bonds. The van der Waals surface area contributed by atoms with Crippen LogP contribution in [0.1, 0.15) is 27.2 Å². The van der Waals surface area contributed by atoms with E-state index in [1.54, 1.807) is 17.1 Å². The van der Waals surface area contributed by atoms with Crippen LogP contribution in [0.15, 0.2) is 24.8 Å². The molecule has 0 aliphatic carbocycles. The predicted molar refractivity (Wildman–Crippen MR) is 95.0 cm³/mol. The Morgan fingerprint density at radius 2 is 2.09 bits per heavy atom. The lowest BCUT2D eigenvalue weighted by molar-refractivity contribution is 0.108. The minimum Gasteiger partial charge on any atom is -0.445 e. The third-order valence-electron chi connectivity index (χ3n) is 4.60. The van der Waals surface area contributed by atoms with Gasteiger partial charge in [-0.05, 0) is 24.6 Å². The molecule has 0 bridgehead atoms. The van der Waals surface area contributed by atoms with Crippen LogP contribution in [0.4, 0.5) is 4.79 Å². The molecule has 2 atom stereocenters. The van der Waals surface area contributed by atoms with Crippen LogP contribution in [0.25, 0.3) is 0 Å². The second-order valence-electron chi connectivity index (χ2n) is 7.43. The minimum atomic E-state index is -1.89. The molecule has 5 nitrogen and oxygen atoms in total. The third kappa shape index (κ3) is 5.48. The highest BCUT2D eigenvalue weighted by atomic mass is 28.4. The number of ether oxygens (including phenoxy) is 1. The number of likely N-dealkylation sites (tertiary alicyclic amines) is 1. The van der Waals surface area contributed by atoms with Gasteiger partial charge in [-0.15, -0.1) is 0 Å². The molecule has 0 radical (unpaired) electrons. The molecule has 132 valence electrons. The first-order valence-corrected chi connectivity index (χ1v) is 11.0. The van der Waals surface area contributed by atoms with E-state index in [9.17, 15) is 4.79 Å². The van der Waals surface area contributed by atoms with E-state index in [-0.39, 0.29) is 36.5 Å². The summed E-state index contributed by atoms with van der Waals surface area (Å²) < 4.78 is 11.6. The Hall–Kier alpha value is -1.11. The molecule has 0 aromatic rings. The number of aliphatic hydroxyl groups excluding tert-OH is 1. The van der Waals surface area contributed by atoms with E-state index in [4.69, 9.17) is 14.3 Å². The van der Waals surface area contributed by atoms with Crippen molar-refractivity contribution in [3.8, 4) is 0 Å². The third-order valence-corrected chi connectivity index (χ3v) is 9.13. The minimum absolute atomic E-state index is 0.000477. The van der Waals surface area contributed by atoms with Gasteiger partial charge in [-0.2, -0.15) is 0 Å². The van der Waals surface area contributed by atoms with Crippen molar-refractivity contribution in [1.29, 1.82) is 0 Å². The summed E-state index contributed by atoms with van der Waals surface area (Å²) in [5.41, 5.74) is 0. The number of carbonyl (C=O) groups is 1. The maximum atomic E-state index is 12.2. The Morgan fingerprint density at radius 3 is 2.61 bits per heavy atom. The van der Waals surface area contributed by atoms with E-state index in [2.05, 4.69) is 40.4 Å². The largest absolute Gasteiger partial charge is 0.445 e. The fourth-order valence-electron chi connectivity index (χ4n) is 2.33. The van der Waals surface area contributed by atoms with E-state index in [1.807, 2.05) is 6.08 Å². The number of nitrogens with zero attached hydrogens (tertiary/aromatic N) is 1. The monoisotopic (exact) mass is 341 g/mol. The van der Waals surface area contributed by atoms with Gasteiger partial charge in [-0.25, -0.2) is 4.79 Å². The second kappa shape index (κ2) is 8.12. The van der Waals surface area contributed by atoms with Crippen LogP contribution in [-0.2, 0) is 9.16 Å². The van der Waals surface area contributed by atoms with Gasteiger partial charge in [0.05, 0.1) is 18.8 Å². The standard InChI is InChI=1S/C17H31NO4Si/c1-7-11-21-16(20)18-13-15(12-14(18)9-8-10-19)22-23(5,6)17(2,3)4/h7-9,14-15,19H,1,10-13H2,2-6H3/t14-,15-/m1/s1. The summed E-state index contributed by atoms with van der Waals surface area (Å²) in [7, 11) is -1.89. The highest BCUT2D eigenvalue weighted by Crippen LogP contribution is 2.39. The first-order valence-electron chi connectivity index (χ1n) is 8.12. The van der Waals surface area contributed by atoms with Gasteiger partial charge in [0.25, 0.3) is 0 Å². The number of hydrogen-bond acceptors (Lipinski definition) is 4. The Labute approximate surface area is 141 Å². The molecule has 1 N–H and O–H groups in total. The molecule has 1 aliphatic heterocycles. The maximum absolute atomic E-state index is 12.2. The molecule has 23 heavy (non-hydrogen) atoms. The number of amides is 1. The average molecular weight is 342 g/mol. The van der Waals surface area contributed by atoms with E-state index in [0.717, 1.165) is 6.42 Å². The molecule has 0 aromatic heterocycles. The summed E-state index contributed by atoms with van der Waals surface area (Å²) in [6, 6.07) is -0.103. The molecule has 1 fully saturated rings. The number of hydrogen-bond donors (Lipinski definition) is 1. The van der Waals surface area contributed by atoms with Crippen molar-refractivity contribution in [2.24, 2.45) is 0 Å². The first kappa shape index (κ1) is 19.9. The van der Waals surface area contributed by atoms with Gasteiger partial charge in [0, 0.05) is 6.54 Å². The normalized spacial score (nSPS) is 22.6. The van der Waals surface area contributed by atoms with E-state index >= 15 is 0 Å². The summed E-state index contributed by atoms with van der Waals surface area (Å²) in [6.07, 6.45) is 5.43. The number of aliphatic hydroxyl groups is 1. The lowest BCUT2D eigenvalue weighted by Crippen LogP contribution is -2.44. The fraction of sp³-hybridized carbons (Fsp3) is 0.706. The van der Waals surface area contributed by atoms with Crippen LogP contribution in [-0.4, -0.2) is 56.3 Å². The molecule has 0 unspecified atom stereocenters. The van der Waals surface area contributed by atoms with Crippen LogP contribution < -0.4 is 0 Å². The number of carbonyl (C=O) groups excluding carboxylic acids is 1.